The standard InChI is InChI=1S/C15H15N3O3S2/c1-2-21-14-6-4-3-5-13(14)18-23(19,20)15-9-11(10-22-15)12-7-8-16-17-12/h3-10,18H,2H2,1H3,(H,16,17). The summed E-state index contributed by atoms with van der Waals surface area (Å²) < 4.78 is 33.4. The second-order valence-corrected chi connectivity index (χ2v) is 7.48. The van der Waals surface area contributed by atoms with Crippen molar-refractivity contribution in [1.29, 1.82) is 0 Å². The highest BCUT2D eigenvalue weighted by Gasteiger charge is 2.19. The van der Waals surface area contributed by atoms with Crippen LogP contribution in [0.5, 0.6) is 5.75 Å². The molecule has 0 atom stereocenters. The molecule has 0 aliphatic heterocycles. The number of rotatable bonds is 6. The molecule has 0 aliphatic rings. The zero-order chi connectivity index (χ0) is 16.3. The van der Waals surface area contributed by atoms with E-state index in [0.717, 1.165) is 22.6 Å². The number of aromatic amines is 1. The Bertz CT molecular complexity index is 886. The van der Waals surface area contributed by atoms with Gasteiger partial charge in [-0.2, -0.15) is 5.10 Å². The Morgan fingerprint density at radius 2 is 2.13 bits per heavy atom. The second-order valence-electron chi connectivity index (χ2n) is 4.66. The largest absolute Gasteiger partial charge is 0.492 e. The van der Waals surface area contributed by atoms with E-state index in [2.05, 4.69) is 14.9 Å². The SMILES string of the molecule is CCOc1ccccc1NS(=O)(=O)c1cc(-c2ccn[nH]2)cs1. The van der Waals surface area contributed by atoms with E-state index < -0.39 is 10.0 Å². The van der Waals surface area contributed by atoms with Gasteiger partial charge in [0.1, 0.15) is 9.96 Å². The first kappa shape index (κ1) is 15.6. The van der Waals surface area contributed by atoms with Gasteiger partial charge in [0.25, 0.3) is 10.0 Å². The lowest BCUT2D eigenvalue weighted by atomic mass is 10.2. The molecule has 0 fully saturated rings. The van der Waals surface area contributed by atoms with Gasteiger partial charge in [0.15, 0.2) is 0 Å². The van der Waals surface area contributed by atoms with E-state index in [-0.39, 0.29) is 4.21 Å². The molecule has 8 heteroatoms. The topological polar surface area (TPSA) is 84.1 Å². The van der Waals surface area contributed by atoms with Gasteiger partial charge in [0, 0.05) is 17.1 Å². The molecule has 2 N–H and O–H groups in total. The van der Waals surface area contributed by atoms with Gasteiger partial charge >= 0.3 is 0 Å². The van der Waals surface area contributed by atoms with Crippen LogP contribution in [0.2, 0.25) is 0 Å². The van der Waals surface area contributed by atoms with Crippen molar-refractivity contribution in [3.63, 3.8) is 0 Å². The van der Waals surface area contributed by atoms with Crippen LogP contribution >= 0.6 is 11.3 Å². The van der Waals surface area contributed by atoms with Crippen LogP contribution in [-0.2, 0) is 10.0 Å². The van der Waals surface area contributed by atoms with Crippen molar-refractivity contribution >= 4 is 27.0 Å². The van der Waals surface area contributed by atoms with Crippen molar-refractivity contribution in [1.82, 2.24) is 10.2 Å². The van der Waals surface area contributed by atoms with Gasteiger partial charge in [-0.25, -0.2) is 8.42 Å². The minimum atomic E-state index is -3.67. The molecule has 2 aromatic heterocycles. The van der Waals surface area contributed by atoms with Crippen molar-refractivity contribution < 1.29 is 13.2 Å². The molecule has 0 bridgehead atoms. The summed E-state index contributed by atoms with van der Waals surface area (Å²) in [5.41, 5.74) is 1.98. The fourth-order valence-corrected chi connectivity index (χ4v) is 4.29. The minimum Gasteiger partial charge on any atom is -0.492 e. The lowest BCUT2D eigenvalue weighted by Crippen LogP contribution is -2.12. The van der Waals surface area contributed by atoms with Gasteiger partial charge in [0.2, 0.25) is 0 Å². The quantitative estimate of drug-likeness (QED) is 0.715. The van der Waals surface area contributed by atoms with Crippen molar-refractivity contribution in [3.8, 4) is 17.0 Å². The molecule has 3 aromatic rings. The summed E-state index contributed by atoms with van der Waals surface area (Å²) in [5.74, 6) is 0.504. The molecule has 1 aromatic carbocycles. The highest BCUT2D eigenvalue weighted by Crippen LogP contribution is 2.31. The van der Waals surface area contributed by atoms with Crippen LogP contribution in [0, 0.1) is 0 Å². The molecule has 23 heavy (non-hydrogen) atoms. The third-order valence-electron chi connectivity index (χ3n) is 3.08. The van der Waals surface area contributed by atoms with Crippen molar-refractivity contribution in [2.45, 2.75) is 11.1 Å². The molecular weight excluding hydrogens is 334 g/mol. The predicted octanol–water partition coefficient (Wildman–Crippen LogP) is 3.34. The molecule has 3 rings (SSSR count). The molecule has 0 amide bonds. The molecule has 0 saturated carbocycles. The van der Waals surface area contributed by atoms with Crippen molar-refractivity contribution in [3.05, 3.63) is 48.0 Å². The smallest absolute Gasteiger partial charge is 0.271 e. The normalized spacial score (nSPS) is 11.3. The fraction of sp³-hybridized carbons (Fsp3) is 0.133. The van der Waals surface area contributed by atoms with Crippen LogP contribution in [0.15, 0.2) is 52.2 Å². The monoisotopic (exact) mass is 349 g/mol. The first-order chi connectivity index (χ1) is 11.1. The molecule has 2 heterocycles. The van der Waals surface area contributed by atoms with Crippen molar-refractivity contribution in [2.24, 2.45) is 0 Å². The van der Waals surface area contributed by atoms with Gasteiger partial charge in [-0.05, 0) is 31.2 Å². The van der Waals surface area contributed by atoms with Gasteiger partial charge in [-0.3, -0.25) is 9.82 Å². The van der Waals surface area contributed by atoms with E-state index in [1.165, 1.54) is 0 Å². The Labute approximate surface area is 138 Å². The van der Waals surface area contributed by atoms with Gasteiger partial charge in [0.05, 0.1) is 18.0 Å². The van der Waals surface area contributed by atoms with Crippen LogP contribution in [0.4, 0.5) is 5.69 Å². The Morgan fingerprint density at radius 3 is 2.87 bits per heavy atom. The number of para-hydroxylation sites is 2. The first-order valence-electron chi connectivity index (χ1n) is 6.93. The number of H-pyrrole nitrogens is 1. The second kappa shape index (κ2) is 6.43. The van der Waals surface area contributed by atoms with E-state index in [0.29, 0.717) is 18.0 Å². The van der Waals surface area contributed by atoms with Crippen LogP contribution in [-0.4, -0.2) is 25.2 Å². The Balaban J connectivity index is 1.88. The molecule has 120 valence electrons. The number of thiophene rings is 1. The maximum Gasteiger partial charge on any atom is 0.271 e. The summed E-state index contributed by atoms with van der Waals surface area (Å²) in [5, 5.41) is 8.46. The first-order valence-corrected chi connectivity index (χ1v) is 9.29. The van der Waals surface area contributed by atoms with Crippen LogP contribution < -0.4 is 9.46 Å². The zero-order valence-electron chi connectivity index (χ0n) is 12.3. The number of hydrogen-bond acceptors (Lipinski definition) is 5. The molecule has 0 spiro atoms. The summed E-state index contributed by atoms with van der Waals surface area (Å²) in [7, 11) is -3.67. The number of ether oxygens (including phenoxy) is 1. The molecule has 0 aliphatic carbocycles. The Kier molecular flexibility index (Phi) is 4.35. The third-order valence-corrected chi connectivity index (χ3v) is 5.89. The number of sulfonamides is 1. The van der Waals surface area contributed by atoms with E-state index in [1.54, 1.807) is 48.0 Å². The minimum absolute atomic E-state index is 0.230. The zero-order valence-corrected chi connectivity index (χ0v) is 13.9. The number of aromatic nitrogens is 2. The summed E-state index contributed by atoms with van der Waals surface area (Å²) in [6, 6.07) is 10.4. The van der Waals surface area contributed by atoms with E-state index in [9.17, 15) is 8.42 Å². The van der Waals surface area contributed by atoms with E-state index >= 15 is 0 Å². The number of hydrogen-bond donors (Lipinski definition) is 2. The van der Waals surface area contributed by atoms with Crippen molar-refractivity contribution in [2.75, 3.05) is 11.3 Å². The summed E-state index contributed by atoms with van der Waals surface area (Å²) >= 11 is 1.15. The molecule has 6 nitrogen and oxygen atoms in total. The number of nitrogens with one attached hydrogen (secondary N) is 2. The lowest BCUT2D eigenvalue weighted by molar-refractivity contribution is 0.342. The number of benzene rings is 1. The predicted molar refractivity (Wildman–Crippen MR) is 90.3 cm³/mol. The average molecular weight is 349 g/mol. The molecule has 0 saturated heterocycles. The summed E-state index contributed by atoms with van der Waals surface area (Å²) in [6.45, 7) is 2.31. The van der Waals surface area contributed by atoms with Crippen LogP contribution in [0.3, 0.4) is 0 Å². The highest BCUT2D eigenvalue weighted by atomic mass is 32.2. The van der Waals surface area contributed by atoms with Gasteiger partial charge in [-0.15, -0.1) is 11.3 Å². The van der Waals surface area contributed by atoms with Gasteiger partial charge in [-0.1, -0.05) is 12.1 Å². The Morgan fingerprint density at radius 1 is 1.30 bits per heavy atom. The van der Waals surface area contributed by atoms with E-state index in [4.69, 9.17) is 4.74 Å². The van der Waals surface area contributed by atoms with Crippen LogP contribution in [0.1, 0.15) is 6.92 Å². The third kappa shape index (κ3) is 3.38. The summed E-state index contributed by atoms with van der Waals surface area (Å²) in [4.78, 5) is 0. The average Bonchev–Trinajstić information content (AvgIpc) is 3.20. The fourth-order valence-electron chi connectivity index (χ4n) is 2.04. The molecule has 0 unspecified atom stereocenters. The number of anilines is 1. The maximum absolute atomic E-state index is 12.6. The van der Waals surface area contributed by atoms with Crippen LogP contribution in [0.25, 0.3) is 11.3 Å². The highest BCUT2D eigenvalue weighted by molar-refractivity contribution is 7.94. The Hall–Kier alpha value is -2.32. The molecule has 0 radical (unpaired) electrons. The molecular formula is C15H15N3O3S2. The van der Waals surface area contributed by atoms with Gasteiger partial charge < -0.3 is 4.74 Å². The summed E-state index contributed by atoms with van der Waals surface area (Å²) in [6.07, 6.45) is 1.62. The maximum atomic E-state index is 12.6. The lowest BCUT2D eigenvalue weighted by Gasteiger charge is -2.11. The number of nitrogens with zero attached hydrogens (tertiary/aromatic N) is 1. The van der Waals surface area contributed by atoms with E-state index in [1.807, 2.05) is 6.92 Å².